The van der Waals surface area contributed by atoms with Gasteiger partial charge in [0.15, 0.2) is 0 Å². The van der Waals surface area contributed by atoms with Gasteiger partial charge in [-0.15, -0.1) is 0 Å². The molecule has 6 heteroatoms. The molecule has 0 spiro atoms. The number of methoxy groups -OCH3 is 2. The molecule has 0 bridgehead atoms. The van der Waals surface area contributed by atoms with E-state index in [1.807, 2.05) is 48.5 Å². The van der Waals surface area contributed by atoms with Gasteiger partial charge in [0.2, 0.25) is 11.8 Å². The van der Waals surface area contributed by atoms with Crippen LogP contribution in [-0.2, 0) is 16.1 Å². The van der Waals surface area contributed by atoms with Crippen LogP contribution in [0, 0.1) is 0 Å². The summed E-state index contributed by atoms with van der Waals surface area (Å²) in [5.41, 5.74) is 1.78. The van der Waals surface area contributed by atoms with Crippen molar-refractivity contribution >= 4 is 11.8 Å². The number of para-hydroxylation sites is 1. The second kappa shape index (κ2) is 9.62. The third-order valence-electron chi connectivity index (χ3n) is 4.30. The lowest BCUT2D eigenvalue weighted by molar-refractivity contribution is -0.131. The van der Waals surface area contributed by atoms with Gasteiger partial charge in [-0.3, -0.25) is 9.59 Å². The fourth-order valence-corrected chi connectivity index (χ4v) is 2.84. The molecular weight excluding hydrogens is 344 g/mol. The first-order valence-electron chi connectivity index (χ1n) is 8.71. The number of carbonyl (C=O) groups is 2. The molecule has 2 amide bonds. The van der Waals surface area contributed by atoms with Crippen LogP contribution in [0.3, 0.4) is 0 Å². The van der Waals surface area contributed by atoms with Crippen molar-refractivity contribution in [3.8, 4) is 11.5 Å². The van der Waals surface area contributed by atoms with E-state index >= 15 is 0 Å². The monoisotopic (exact) mass is 370 g/mol. The van der Waals surface area contributed by atoms with Crippen LogP contribution >= 0.6 is 0 Å². The summed E-state index contributed by atoms with van der Waals surface area (Å²) in [6.45, 7) is 1.87. The van der Waals surface area contributed by atoms with E-state index in [0.717, 1.165) is 22.6 Å². The van der Waals surface area contributed by atoms with E-state index in [2.05, 4.69) is 5.32 Å². The maximum atomic E-state index is 12.7. The lowest BCUT2D eigenvalue weighted by Crippen LogP contribution is -2.33. The third-order valence-corrected chi connectivity index (χ3v) is 4.30. The van der Waals surface area contributed by atoms with Gasteiger partial charge in [0, 0.05) is 26.1 Å². The maximum Gasteiger partial charge on any atom is 0.225 e. The molecule has 0 aromatic heterocycles. The Bertz CT molecular complexity index is 774. The highest BCUT2D eigenvalue weighted by atomic mass is 16.5. The molecule has 1 N–H and O–H groups in total. The van der Waals surface area contributed by atoms with Crippen LogP contribution < -0.4 is 14.8 Å². The first-order valence-corrected chi connectivity index (χ1v) is 8.71. The summed E-state index contributed by atoms with van der Waals surface area (Å²) >= 11 is 0. The summed E-state index contributed by atoms with van der Waals surface area (Å²) in [5.74, 6) is 1.21. The molecule has 0 heterocycles. The van der Waals surface area contributed by atoms with Crippen LogP contribution in [0.1, 0.15) is 30.5 Å². The quantitative estimate of drug-likeness (QED) is 0.776. The van der Waals surface area contributed by atoms with Crippen molar-refractivity contribution in [1.29, 1.82) is 0 Å². The van der Waals surface area contributed by atoms with Crippen molar-refractivity contribution in [2.75, 3.05) is 21.3 Å². The average molecular weight is 370 g/mol. The number of nitrogens with zero attached hydrogens (tertiary/aromatic N) is 1. The standard InChI is InChI=1S/C21H26N2O4/c1-15(24)22-19(16-9-11-18(26-3)12-10-16)13-21(25)23(2)14-17-7-5-6-8-20(17)27-4/h5-12,19H,13-14H2,1-4H3,(H,22,24). The number of hydrogen-bond donors (Lipinski definition) is 1. The topological polar surface area (TPSA) is 67.9 Å². The molecule has 0 saturated carbocycles. The van der Waals surface area contributed by atoms with Crippen molar-refractivity contribution in [3.05, 3.63) is 59.7 Å². The minimum atomic E-state index is -0.402. The fourth-order valence-electron chi connectivity index (χ4n) is 2.84. The maximum absolute atomic E-state index is 12.7. The molecule has 1 atom stereocenters. The van der Waals surface area contributed by atoms with Crippen LogP contribution in [-0.4, -0.2) is 38.0 Å². The zero-order chi connectivity index (χ0) is 19.8. The average Bonchev–Trinajstić information content (AvgIpc) is 2.67. The number of carbonyl (C=O) groups excluding carboxylic acids is 2. The van der Waals surface area contributed by atoms with Crippen LogP contribution in [0.2, 0.25) is 0 Å². The summed E-state index contributed by atoms with van der Waals surface area (Å²) in [7, 11) is 4.95. The molecule has 6 nitrogen and oxygen atoms in total. The minimum absolute atomic E-state index is 0.0736. The molecular formula is C21H26N2O4. The molecule has 0 aliphatic carbocycles. The molecule has 2 aromatic rings. The molecule has 0 fully saturated rings. The molecule has 2 aromatic carbocycles. The summed E-state index contributed by atoms with van der Waals surface area (Å²) < 4.78 is 10.5. The Morgan fingerprint density at radius 2 is 1.70 bits per heavy atom. The molecule has 2 rings (SSSR count). The van der Waals surface area contributed by atoms with Gasteiger partial charge in [0.1, 0.15) is 11.5 Å². The van der Waals surface area contributed by atoms with Crippen LogP contribution in [0.5, 0.6) is 11.5 Å². The highest BCUT2D eigenvalue weighted by molar-refractivity contribution is 5.79. The fraction of sp³-hybridized carbons (Fsp3) is 0.333. The lowest BCUT2D eigenvalue weighted by Gasteiger charge is -2.23. The van der Waals surface area contributed by atoms with Crippen LogP contribution in [0.25, 0.3) is 0 Å². The van der Waals surface area contributed by atoms with E-state index in [9.17, 15) is 9.59 Å². The zero-order valence-electron chi connectivity index (χ0n) is 16.2. The highest BCUT2D eigenvalue weighted by Crippen LogP contribution is 2.23. The first kappa shape index (κ1) is 20.3. The van der Waals surface area contributed by atoms with Crippen molar-refractivity contribution in [3.63, 3.8) is 0 Å². The predicted molar refractivity (Wildman–Crippen MR) is 104 cm³/mol. The van der Waals surface area contributed by atoms with Crippen LogP contribution in [0.15, 0.2) is 48.5 Å². The number of nitrogens with one attached hydrogen (secondary N) is 1. The zero-order valence-corrected chi connectivity index (χ0v) is 16.2. The van der Waals surface area contributed by atoms with E-state index in [1.165, 1.54) is 6.92 Å². The third kappa shape index (κ3) is 5.74. The Kier molecular flexibility index (Phi) is 7.23. The van der Waals surface area contributed by atoms with E-state index < -0.39 is 6.04 Å². The van der Waals surface area contributed by atoms with Crippen molar-refractivity contribution in [1.82, 2.24) is 10.2 Å². The van der Waals surface area contributed by atoms with Crippen molar-refractivity contribution in [2.45, 2.75) is 25.9 Å². The summed E-state index contributed by atoms with van der Waals surface area (Å²) in [6, 6.07) is 14.5. The number of hydrogen-bond acceptors (Lipinski definition) is 4. The summed E-state index contributed by atoms with van der Waals surface area (Å²) in [5, 5.41) is 2.85. The predicted octanol–water partition coefficient (Wildman–Crippen LogP) is 2.93. The van der Waals surface area contributed by atoms with Crippen LogP contribution in [0.4, 0.5) is 0 Å². The molecule has 0 saturated heterocycles. The Labute approximate surface area is 160 Å². The van der Waals surface area contributed by atoms with E-state index in [4.69, 9.17) is 9.47 Å². The Morgan fingerprint density at radius 3 is 2.30 bits per heavy atom. The van der Waals surface area contributed by atoms with Gasteiger partial charge >= 0.3 is 0 Å². The van der Waals surface area contributed by atoms with Gasteiger partial charge in [-0.2, -0.15) is 0 Å². The van der Waals surface area contributed by atoms with Crippen molar-refractivity contribution < 1.29 is 19.1 Å². The molecule has 0 aliphatic rings. The summed E-state index contributed by atoms with van der Waals surface area (Å²) in [4.78, 5) is 26.0. The van der Waals surface area contributed by atoms with E-state index in [1.54, 1.807) is 26.2 Å². The molecule has 1 unspecified atom stereocenters. The lowest BCUT2D eigenvalue weighted by atomic mass is 10.0. The largest absolute Gasteiger partial charge is 0.497 e. The number of ether oxygens (including phenoxy) is 2. The smallest absolute Gasteiger partial charge is 0.225 e. The van der Waals surface area contributed by atoms with Crippen molar-refractivity contribution in [2.24, 2.45) is 0 Å². The van der Waals surface area contributed by atoms with Gasteiger partial charge in [0.05, 0.1) is 26.7 Å². The molecule has 0 aliphatic heterocycles. The SMILES string of the molecule is COc1ccc(C(CC(=O)N(C)Cc2ccccc2OC)NC(C)=O)cc1. The Morgan fingerprint density at radius 1 is 1.04 bits per heavy atom. The molecule has 27 heavy (non-hydrogen) atoms. The number of rotatable bonds is 8. The van der Waals surface area contributed by atoms with E-state index in [-0.39, 0.29) is 18.2 Å². The normalized spacial score (nSPS) is 11.4. The van der Waals surface area contributed by atoms with Gasteiger partial charge < -0.3 is 19.7 Å². The van der Waals surface area contributed by atoms with Gasteiger partial charge in [-0.25, -0.2) is 0 Å². The highest BCUT2D eigenvalue weighted by Gasteiger charge is 2.20. The van der Waals surface area contributed by atoms with Gasteiger partial charge in [-0.05, 0) is 23.8 Å². The minimum Gasteiger partial charge on any atom is -0.497 e. The van der Waals surface area contributed by atoms with Gasteiger partial charge in [-0.1, -0.05) is 30.3 Å². The Hall–Kier alpha value is -3.02. The second-order valence-corrected chi connectivity index (χ2v) is 6.29. The molecule has 144 valence electrons. The second-order valence-electron chi connectivity index (χ2n) is 6.29. The summed E-state index contributed by atoms with van der Waals surface area (Å²) in [6.07, 6.45) is 0.164. The number of benzene rings is 2. The molecule has 0 radical (unpaired) electrons. The Balaban J connectivity index is 2.10. The first-order chi connectivity index (χ1) is 12.9. The van der Waals surface area contributed by atoms with E-state index in [0.29, 0.717) is 6.54 Å². The number of amides is 2. The van der Waals surface area contributed by atoms with Gasteiger partial charge in [0.25, 0.3) is 0 Å².